The number of amidine groups is 1. The van der Waals surface area contributed by atoms with E-state index < -0.39 is 0 Å². The highest BCUT2D eigenvalue weighted by Crippen LogP contribution is 2.21. The lowest BCUT2D eigenvalue weighted by molar-refractivity contribution is 0.269. The Balaban J connectivity index is 2.92. The smallest absolute Gasteiger partial charge is 0.173 e. The summed E-state index contributed by atoms with van der Waals surface area (Å²) in [6.45, 7) is 3.00. The van der Waals surface area contributed by atoms with Crippen LogP contribution in [0.3, 0.4) is 0 Å². The van der Waals surface area contributed by atoms with E-state index in [-0.39, 0.29) is 5.84 Å². The number of thioether (sulfide) groups is 1. The van der Waals surface area contributed by atoms with Crippen molar-refractivity contribution < 1.29 is 9.94 Å². The Hall–Kier alpha value is -1.40. The SMILES string of the molecule is COc1ccc(CN(C)C(C)CSC)cc1/C(N)=N/O. The molecule has 0 saturated carbocycles. The zero-order valence-electron chi connectivity index (χ0n) is 12.5. The van der Waals surface area contributed by atoms with Crippen LogP contribution in [-0.4, -0.2) is 48.2 Å². The number of hydrogen-bond acceptors (Lipinski definition) is 5. The van der Waals surface area contributed by atoms with Crippen molar-refractivity contribution in [3.8, 4) is 5.75 Å². The van der Waals surface area contributed by atoms with Crippen LogP contribution in [0, 0.1) is 0 Å². The van der Waals surface area contributed by atoms with Crippen LogP contribution in [0.5, 0.6) is 5.75 Å². The number of hydrogen-bond donors (Lipinski definition) is 2. The fourth-order valence-electron chi connectivity index (χ4n) is 1.92. The summed E-state index contributed by atoms with van der Waals surface area (Å²) in [6.07, 6.45) is 2.11. The van der Waals surface area contributed by atoms with E-state index in [2.05, 4.69) is 30.3 Å². The van der Waals surface area contributed by atoms with Crippen LogP contribution in [0.1, 0.15) is 18.1 Å². The summed E-state index contributed by atoms with van der Waals surface area (Å²) in [5.41, 5.74) is 7.39. The Morgan fingerprint density at radius 1 is 1.55 bits per heavy atom. The lowest BCUT2D eigenvalue weighted by Crippen LogP contribution is -2.30. The number of rotatable bonds is 7. The second-order valence-electron chi connectivity index (χ2n) is 4.74. The molecule has 1 rings (SSSR count). The third-order valence-electron chi connectivity index (χ3n) is 3.24. The fourth-order valence-corrected chi connectivity index (χ4v) is 2.66. The molecule has 0 amide bonds. The molecule has 0 heterocycles. The van der Waals surface area contributed by atoms with Crippen LogP contribution < -0.4 is 10.5 Å². The van der Waals surface area contributed by atoms with Crippen LogP contribution in [-0.2, 0) is 6.54 Å². The largest absolute Gasteiger partial charge is 0.496 e. The van der Waals surface area contributed by atoms with Gasteiger partial charge in [0.15, 0.2) is 5.84 Å². The first kappa shape index (κ1) is 16.7. The topological polar surface area (TPSA) is 71.1 Å². The van der Waals surface area contributed by atoms with E-state index in [9.17, 15) is 0 Å². The molecule has 5 nitrogen and oxygen atoms in total. The third kappa shape index (κ3) is 4.31. The Bertz CT molecular complexity index is 466. The van der Waals surface area contributed by atoms with Crippen LogP contribution in [0.15, 0.2) is 23.4 Å². The highest BCUT2D eigenvalue weighted by atomic mass is 32.2. The van der Waals surface area contributed by atoms with Crippen LogP contribution in [0.2, 0.25) is 0 Å². The van der Waals surface area contributed by atoms with Crippen molar-refractivity contribution in [1.29, 1.82) is 0 Å². The molecule has 0 bridgehead atoms. The molecule has 1 aromatic carbocycles. The minimum Gasteiger partial charge on any atom is -0.496 e. The Morgan fingerprint density at radius 2 is 2.25 bits per heavy atom. The van der Waals surface area contributed by atoms with Gasteiger partial charge in [0.1, 0.15) is 5.75 Å². The summed E-state index contributed by atoms with van der Waals surface area (Å²) in [6, 6.07) is 6.22. The normalized spacial score (nSPS) is 13.6. The summed E-state index contributed by atoms with van der Waals surface area (Å²) in [5, 5.41) is 11.9. The van der Waals surface area contributed by atoms with Crippen LogP contribution >= 0.6 is 11.8 Å². The van der Waals surface area contributed by atoms with E-state index in [0.29, 0.717) is 17.4 Å². The number of methoxy groups -OCH3 is 1. The van der Waals surface area contributed by atoms with Gasteiger partial charge in [-0.05, 0) is 37.9 Å². The van der Waals surface area contributed by atoms with Gasteiger partial charge in [-0.25, -0.2) is 0 Å². The lowest BCUT2D eigenvalue weighted by atomic mass is 10.1. The average Bonchev–Trinajstić information content (AvgIpc) is 2.46. The molecular weight excluding hydrogens is 274 g/mol. The van der Waals surface area contributed by atoms with Crippen molar-refractivity contribution in [1.82, 2.24) is 4.90 Å². The molecule has 112 valence electrons. The number of nitrogens with zero attached hydrogens (tertiary/aromatic N) is 2. The van der Waals surface area contributed by atoms with E-state index in [1.54, 1.807) is 7.11 Å². The molecular formula is C14H23N3O2S. The van der Waals surface area contributed by atoms with Crippen molar-refractivity contribution >= 4 is 17.6 Å². The molecule has 1 unspecified atom stereocenters. The summed E-state index contributed by atoms with van der Waals surface area (Å²) in [4.78, 5) is 2.27. The molecule has 0 radical (unpaired) electrons. The quantitative estimate of drug-likeness (QED) is 0.348. The van der Waals surface area contributed by atoms with Gasteiger partial charge in [0.2, 0.25) is 0 Å². The maximum absolute atomic E-state index is 8.83. The van der Waals surface area contributed by atoms with E-state index in [0.717, 1.165) is 17.9 Å². The third-order valence-corrected chi connectivity index (χ3v) is 4.06. The summed E-state index contributed by atoms with van der Waals surface area (Å²) < 4.78 is 5.23. The number of ether oxygens (including phenoxy) is 1. The molecule has 0 fully saturated rings. The van der Waals surface area contributed by atoms with Gasteiger partial charge in [0.05, 0.1) is 12.7 Å². The maximum Gasteiger partial charge on any atom is 0.173 e. The van der Waals surface area contributed by atoms with E-state index in [1.165, 1.54) is 0 Å². The average molecular weight is 297 g/mol. The number of oxime groups is 1. The van der Waals surface area contributed by atoms with E-state index in [4.69, 9.17) is 15.7 Å². The summed E-state index contributed by atoms with van der Waals surface area (Å²) in [5.74, 6) is 1.74. The summed E-state index contributed by atoms with van der Waals surface area (Å²) in [7, 11) is 3.66. The second-order valence-corrected chi connectivity index (χ2v) is 5.65. The molecule has 0 aliphatic heterocycles. The number of nitrogens with two attached hydrogens (primary N) is 1. The molecule has 3 N–H and O–H groups in total. The fraction of sp³-hybridized carbons (Fsp3) is 0.500. The van der Waals surface area contributed by atoms with Gasteiger partial charge in [-0.1, -0.05) is 11.2 Å². The van der Waals surface area contributed by atoms with E-state index in [1.807, 2.05) is 30.0 Å². The first-order chi connectivity index (χ1) is 9.53. The first-order valence-corrected chi connectivity index (χ1v) is 7.76. The van der Waals surface area contributed by atoms with Gasteiger partial charge in [-0.15, -0.1) is 0 Å². The monoisotopic (exact) mass is 297 g/mol. The van der Waals surface area contributed by atoms with Crippen LogP contribution in [0.4, 0.5) is 0 Å². The predicted molar refractivity (Wildman–Crippen MR) is 84.8 cm³/mol. The molecule has 20 heavy (non-hydrogen) atoms. The van der Waals surface area contributed by atoms with Gasteiger partial charge in [0, 0.05) is 18.3 Å². The van der Waals surface area contributed by atoms with Gasteiger partial charge in [-0.2, -0.15) is 11.8 Å². The van der Waals surface area contributed by atoms with Gasteiger partial charge >= 0.3 is 0 Å². The van der Waals surface area contributed by atoms with E-state index >= 15 is 0 Å². The van der Waals surface area contributed by atoms with Crippen molar-refractivity contribution in [2.45, 2.75) is 19.5 Å². The van der Waals surface area contributed by atoms with Crippen molar-refractivity contribution in [2.24, 2.45) is 10.9 Å². The maximum atomic E-state index is 8.83. The number of benzene rings is 1. The standard InChI is InChI=1S/C14H23N3O2S/c1-10(9-20-4)17(2)8-11-5-6-13(19-3)12(7-11)14(15)16-18/h5-7,10,18H,8-9H2,1-4H3,(H2,15,16). The first-order valence-electron chi connectivity index (χ1n) is 6.37. The molecule has 0 aliphatic carbocycles. The molecule has 1 atom stereocenters. The molecule has 6 heteroatoms. The van der Waals surface area contributed by atoms with Crippen molar-refractivity contribution in [3.05, 3.63) is 29.3 Å². The highest BCUT2D eigenvalue weighted by molar-refractivity contribution is 7.98. The molecule has 0 aromatic heterocycles. The molecule has 0 saturated heterocycles. The minimum absolute atomic E-state index is 0.0588. The predicted octanol–water partition coefficient (Wildman–Crippen LogP) is 1.97. The zero-order valence-corrected chi connectivity index (χ0v) is 13.3. The van der Waals surface area contributed by atoms with Crippen LogP contribution in [0.25, 0.3) is 0 Å². The Kier molecular flexibility index (Phi) is 6.67. The van der Waals surface area contributed by atoms with Gasteiger partial charge in [0.25, 0.3) is 0 Å². The van der Waals surface area contributed by atoms with Crippen molar-refractivity contribution in [2.75, 3.05) is 26.2 Å². The van der Waals surface area contributed by atoms with Gasteiger partial charge in [-0.3, -0.25) is 4.90 Å². The second kappa shape index (κ2) is 8.01. The molecule has 0 aliphatic rings. The molecule has 0 spiro atoms. The summed E-state index contributed by atoms with van der Waals surface area (Å²) >= 11 is 1.83. The lowest BCUT2D eigenvalue weighted by Gasteiger charge is -2.24. The van der Waals surface area contributed by atoms with Crippen molar-refractivity contribution in [3.63, 3.8) is 0 Å². The highest BCUT2D eigenvalue weighted by Gasteiger charge is 2.12. The molecule has 1 aromatic rings. The Labute approximate surface area is 124 Å². The Morgan fingerprint density at radius 3 is 2.80 bits per heavy atom. The minimum atomic E-state index is 0.0588. The zero-order chi connectivity index (χ0) is 15.1. The van der Waals surface area contributed by atoms with Gasteiger partial charge < -0.3 is 15.7 Å².